The van der Waals surface area contributed by atoms with Crippen LogP contribution in [0.1, 0.15) is 41.3 Å². The zero-order valence-electron chi connectivity index (χ0n) is 12.5. The molecule has 0 saturated heterocycles. The summed E-state index contributed by atoms with van der Waals surface area (Å²) in [5.41, 5.74) is 2.32. The van der Waals surface area contributed by atoms with E-state index in [-0.39, 0.29) is 11.5 Å². The van der Waals surface area contributed by atoms with Crippen LogP contribution in [0.5, 0.6) is 0 Å². The Morgan fingerprint density at radius 1 is 1.24 bits per heavy atom. The molecule has 1 heterocycles. The normalized spacial score (nSPS) is 10.7. The van der Waals surface area contributed by atoms with E-state index in [0.717, 1.165) is 11.8 Å². The minimum Gasteiger partial charge on any atom is -0.337 e. The molecule has 0 unspecified atom stereocenters. The molecule has 0 N–H and O–H groups in total. The zero-order chi connectivity index (χ0) is 15.4. The van der Waals surface area contributed by atoms with E-state index in [4.69, 9.17) is 0 Å². The molecule has 0 aliphatic rings. The average molecular weight is 286 g/mol. The number of halogens is 1. The fraction of sp³-hybridized carbons (Fsp3) is 0.294. The number of hydrogen-bond acceptors (Lipinski definition) is 2. The fourth-order valence-corrected chi connectivity index (χ4v) is 2.11. The maximum Gasteiger partial charge on any atom is 0.256 e. The van der Waals surface area contributed by atoms with Gasteiger partial charge in [-0.2, -0.15) is 0 Å². The molecule has 1 aromatic carbocycles. The summed E-state index contributed by atoms with van der Waals surface area (Å²) in [4.78, 5) is 17.4. The van der Waals surface area contributed by atoms with Crippen LogP contribution in [0.4, 0.5) is 4.39 Å². The predicted molar refractivity (Wildman–Crippen MR) is 80.5 cm³/mol. The number of pyridine rings is 1. The van der Waals surface area contributed by atoms with Gasteiger partial charge in [0.25, 0.3) is 5.91 Å². The highest BCUT2D eigenvalue weighted by atomic mass is 19.1. The van der Waals surface area contributed by atoms with E-state index in [1.807, 2.05) is 12.1 Å². The van der Waals surface area contributed by atoms with Crippen molar-refractivity contribution in [2.75, 3.05) is 7.05 Å². The monoisotopic (exact) mass is 286 g/mol. The number of rotatable bonds is 4. The van der Waals surface area contributed by atoms with Crippen molar-refractivity contribution >= 4 is 5.91 Å². The number of benzene rings is 1. The molecule has 2 aromatic rings. The van der Waals surface area contributed by atoms with E-state index in [9.17, 15) is 9.18 Å². The molecule has 110 valence electrons. The average Bonchev–Trinajstić information content (AvgIpc) is 2.47. The second kappa shape index (κ2) is 6.48. The summed E-state index contributed by atoms with van der Waals surface area (Å²) < 4.78 is 13.6. The van der Waals surface area contributed by atoms with Gasteiger partial charge in [-0.3, -0.25) is 9.78 Å². The molecular formula is C17H19FN2O. The van der Waals surface area contributed by atoms with E-state index in [1.54, 1.807) is 7.05 Å². The lowest BCUT2D eigenvalue weighted by atomic mass is 10.0. The third-order valence-electron chi connectivity index (χ3n) is 3.42. The van der Waals surface area contributed by atoms with Crippen LogP contribution in [0.25, 0.3) is 0 Å². The van der Waals surface area contributed by atoms with Crippen molar-refractivity contribution in [1.29, 1.82) is 0 Å². The fourth-order valence-electron chi connectivity index (χ4n) is 2.11. The first-order chi connectivity index (χ1) is 9.99. The minimum absolute atomic E-state index is 0.0475. The number of aromatic nitrogens is 1. The Balaban J connectivity index is 2.09. The molecule has 0 saturated carbocycles. The molecule has 0 aliphatic carbocycles. The molecule has 3 nitrogen and oxygen atoms in total. The number of amides is 1. The largest absolute Gasteiger partial charge is 0.337 e. The molecule has 0 aliphatic heterocycles. The molecule has 4 heteroatoms. The Morgan fingerprint density at radius 2 is 1.90 bits per heavy atom. The molecule has 0 bridgehead atoms. The third kappa shape index (κ3) is 3.66. The first-order valence-electron chi connectivity index (χ1n) is 6.93. The number of nitrogens with zero attached hydrogens (tertiary/aromatic N) is 2. The number of hydrogen-bond donors (Lipinski definition) is 0. The molecule has 0 radical (unpaired) electrons. The van der Waals surface area contributed by atoms with Crippen LogP contribution in [0.2, 0.25) is 0 Å². The molecule has 0 spiro atoms. The topological polar surface area (TPSA) is 33.2 Å². The predicted octanol–water partition coefficient (Wildman–Crippen LogP) is 3.62. The van der Waals surface area contributed by atoms with Crippen molar-refractivity contribution < 1.29 is 9.18 Å². The van der Waals surface area contributed by atoms with Crippen LogP contribution in [0.15, 0.2) is 42.7 Å². The van der Waals surface area contributed by atoms with Gasteiger partial charge in [-0.05, 0) is 23.1 Å². The van der Waals surface area contributed by atoms with Crippen LogP contribution in [0, 0.1) is 5.82 Å². The van der Waals surface area contributed by atoms with E-state index in [2.05, 4.69) is 31.0 Å². The van der Waals surface area contributed by atoms with E-state index < -0.39 is 5.82 Å². The summed E-state index contributed by atoms with van der Waals surface area (Å²) in [6, 6.07) is 9.52. The summed E-state index contributed by atoms with van der Waals surface area (Å²) in [6.45, 7) is 4.71. The standard InChI is InChI=1S/C17H19FN2O/c1-12(2)14-6-4-13(5-7-14)11-20(3)17(21)15-8-9-19-10-16(15)18/h4-10,12H,11H2,1-3H3. The lowest BCUT2D eigenvalue weighted by Gasteiger charge is -2.18. The third-order valence-corrected chi connectivity index (χ3v) is 3.42. The van der Waals surface area contributed by atoms with Gasteiger partial charge in [-0.15, -0.1) is 0 Å². The van der Waals surface area contributed by atoms with Crippen molar-refractivity contribution in [2.24, 2.45) is 0 Å². The maximum absolute atomic E-state index is 13.6. The Kier molecular flexibility index (Phi) is 4.68. The van der Waals surface area contributed by atoms with E-state index in [1.165, 1.54) is 22.7 Å². The van der Waals surface area contributed by atoms with Crippen molar-refractivity contribution in [1.82, 2.24) is 9.88 Å². The Hall–Kier alpha value is -2.23. The van der Waals surface area contributed by atoms with Crippen LogP contribution in [0.3, 0.4) is 0 Å². The van der Waals surface area contributed by atoms with Crippen molar-refractivity contribution in [3.63, 3.8) is 0 Å². The lowest BCUT2D eigenvalue weighted by molar-refractivity contribution is 0.0780. The minimum atomic E-state index is -0.593. The van der Waals surface area contributed by atoms with Gasteiger partial charge in [0.05, 0.1) is 11.8 Å². The molecular weight excluding hydrogens is 267 g/mol. The summed E-state index contributed by atoms with van der Waals surface area (Å²) in [6.07, 6.45) is 2.47. The van der Waals surface area contributed by atoms with E-state index in [0.29, 0.717) is 12.5 Å². The zero-order valence-corrected chi connectivity index (χ0v) is 12.5. The van der Waals surface area contributed by atoms with Crippen LogP contribution in [-0.2, 0) is 6.54 Å². The molecule has 1 aromatic heterocycles. The summed E-state index contributed by atoms with van der Waals surface area (Å²) >= 11 is 0. The SMILES string of the molecule is CC(C)c1ccc(CN(C)C(=O)c2ccncc2F)cc1. The van der Waals surface area contributed by atoms with E-state index >= 15 is 0 Å². The number of carbonyl (C=O) groups excluding carboxylic acids is 1. The van der Waals surface area contributed by atoms with Gasteiger partial charge in [0.2, 0.25) is 0 Å². The summed E-state index contributed by atoms with van der Waals surface area (Å²) in [5.74, 6) is -0.461. The Morgan fingerprint density at radius 3 is 2.48 bits per heavy atom. The molecule has 21 heavy (non-hydrogen) atoms. The Labute approximate surface area is 124 Å². The highest BCUT2D eigenvalue weighted by Crippen LogP contribution is 2.16. The van der Waals surface area contributed by atoms with Gasteiger partial charge >= 0.3 is 0 Å². The van der Waals surface area contributed by atoms with Gasteiger partial charge in [0.15, 0.2) is 5.82 Å². The van der Waals surface area contributed by atoms with Crippen molar-refractivity contribution in [3.8, 4) is 0 Å². The molecule has 0 atom stereocenters. The second-order valence-corrected chi connectivity index (χ2v) is 5.41. The smallest absolute Gasteiger partial charge is 0.256 e. The van der Waals surface area contributed by atoms with Crippen molar-refractivity contribution in [3.05, 3.63) is 65.2 Å². The molecule has 0 fully saturated rings. The number of carbonyl (C=O) groups is 1. The van der Waals surface area contributed by atoms with Gasteiger partial charge in [-0.25, -0.2) is 4.39 Å². The molecule has 1 amide bonds. The van der Waals surface area contributed by atoms with Crippen LogP contribution in [-0.4, -0.2) is 22.8 Å². The van der Waals surface area contributed by atoms with Crippen LogP contribution >= 0.6 is 0 Å². The van der Waals surface area contributed by atoms with Gasteiger partial charge in [-0.1, -0.05) is 38.1 Å². The van der Waals surface area contributed by atoms with Crippen LogP contribution < -0.4 is 0 Å². The highest BCUT2D eigenvalue weighted by molar-refractivity contribution is 5.94. The van der Waals surface area contributed by atoms with Gasteiger partial charge < -0.3 is 4.90 Å². The quantitative estimate of drug-likeness (QED) is 0.860. The van der Waals surface area contributed by atoms with Crippen molar-refractivity contribution in [2.45, 2.75) is 26.3 Å². The second-order valence-electron chi connectivity index (χ2n) is 5.41. The molecule has 2 rings (SSSR count). The summed E-state index contributed by atoms with van der Waals surface area (Å²) in [7, 11) is 1.67. The summed E-state index contributed by atoms with van der Waals surface area (Å²) in [5, 5.41) is 0. The first-order valence-corrected chi connectivity index (χ1v) is 6.93. The maximum atomic E-state index is 13.6. The lowest BCUT2D eigenvalue weighted by Crippen LogP contribution is -2.27. The van der Waals surface area contributed by atoms with Gasteiger partial charge in [0, 0.05) is 19.8 Å². The highest BCUT2D eigenvalue weighted by Gasteiger charge is 2.16. The first kappa shape index (κ1) is 15.2. The Bertz CT molecular complexity index is 623. The van der Waals surface area contributed by atoms with Gasteiger partial charge in [0.1, 0.15) is 0 Å².